The molecule has 0 bridgehead atoms. The van der Waals surface area contributed by atoms with Gasteiger partial charge in [0.05, 0.1) is 0 Å². The van der Waals surface area contributed by atoms with Crippen molar-refractivity contribution < 1.29 is 18.3 Å². The zero-order valence-electron chi connectivity index (χ0n) is 11.0. The Morgan fingerprint density at radius 2 is 1.76 bits per heavy atom. The highest BCUT2D eigenvalue weighted by Gasteiger charge is 2.21. The molecule has 1 heterocycles. The third-order valence-electron chi connectivity index (χ3n) is 3.37. The van der Waals surface area contributed by atoms with Gasteiger partial charge < -0.3 is 5.11 Å². The van der Waals surface area contributed by atoms with Crippen LogP contribution in [0.1, 0.15) is 22.1 Å². The minimum atomic E-state index is -1.28. The number of thiophene rings is 1. The van der Waals surface area contributed by atoms with Crippen LogP contribution in [0, 0.1) is 24.4 Å². The van der Waals surface area contributed by atoms with E-state index >= 15 is 0 Å². The number of aryl methyl sites for hydroxylation is 1. The predicted molar refractivity (Wildman–Crippen MR) is 76.9 cm³/mol. The van der Waals surface area contributed by atoms with Crippen molar-refractivity contribution in [1.29, 1.82) is 0 Å². The van der Waals surface area contributed by atoms with E-state index in [1.54, 1.807) is 12.1 Å². The van der Waals surface area contributed by atoms with Crippen LogP contribution in [-0.4, -0.2) is 5.11 Å². The highest BCUT2D eigenvalue weighted by molar-refractivity contribution is 7.19. The van der Waals surface area contributed by atoms with Gasteiger partial charge in [0.1, 0.15) is 11.9 Å². The van der Waals surface area contributed by atoms with Crippen LogP contribution in [0.3, 0.4) is 0 Å². The molecule has 2 aromatic carbocycles. The number of fused-ring (bicyclic) bond motifs is 1. The molecule has 108 valence electrons. The smallest absolute Gasteiger partial charge is 0.165 e. The molecule has 1 N–H and O–H groups in total. The van der Waals surface area contributed by atoms with Crippen molar-refractivity contribution in [3.8, 4) is 0 Å². The fraction of sp³-hybridized carbons (Fsp3) is 0.125. The van der Waals surface area contributed by atoms with Gasteiger partial charge >= 0.3 is 0 Å². The van der Waals surface area contributed by atoms with Crippen LogP contribution in [0.15, 0.2) is 36.4 Å². The van der Waals surface area contributed by atoms with E-state index in [1.165, 1.54) is 42.5 Å². The number of aliphatic hydroxyl groups is 1. The van der Waals surface area contributed by atoms with Gasteiger partial charge in [-0.05, 0) is 42.1 Å². The van der Waals surface area contributed by atoms with Crippen LogP contribution in [-0.2, 0) is 0 Å². The van der Waals surface area contributed by atoms with Crippen LogP contribution in [0.4, 0.5) is 13.2 Å². The molecule has 1 atom stereocenters. The Hall–Kier alpha value is -1.85. The van der Waals surface area contributed by atoms with Gasteiger partial charge in [-0.25, -0.2) is 13.2 Å². The molecule has 3 aromatic rings. The summed E-state index contributed by atoms with van der Waals surface area (Å²) in [4.78, 5) is 0.442. The third kappa shape index (κ3) is 2.43. The molecule has 0 aliphatic heterocycles. The van der Waals surface area contributed by atoms with E-state index in [2.05, 4.69) is 0 Å². The second-order valence-electron chi connectivity index (χ2n) is 4.83. The molecule has 0 spiro atoms. The maximum absolute atomic E-state index is 13.9. The fourth-order valence-corrected chi connectivity index (χ4v) is 3.25. The summed E-state index contributed by atoms with van der Waals surface area (Å²) in [5.41, 5.74) is 0.0620. The zero-order chi connectivity index (χ0) is 15.1. The highest BCUT2D eigenvalue weighted by atomic mass is 32.1. The second-order valence-corrected chi connectivity index (χ2v) is 5.95. The van der Waals surface area contributed by atoms with Crippen molar-refractivity contribution in [1.82, 2.24) is 0 Å². The van der Waals surface area contributed by atoms with Crippen molar-refractivity contribution in [2.45, 2.75) is 13.0 Å². The van der Waals surface area contributed by atoms with Gasteiger partial charge in [0, 0.05) is 15.1 Å². The second kappa shape index (κ2) is 5.16. The zero-order valence-corrected chi connectivity index (χ0v) is 11.8. The summed E-state index contributed by atoms with van der Waals surface area (Å²) < 4.78 is 41.5. The number of aliphatic hydroxyl groups excluding tert-OH is 1. The Bertz CT molecular complexity index is 826. The summed E-state index contributed by atoms with van der Waals surface area (Å²) in [5, 5.41) is 10.9. The van der Waals surface area contributed by atoms with Crippen LogP contribution in [0.5, 0.6) is 0 Å². The van der Waals surface area contributed by atoms with Crippen LogP contribution in [0.25, 0.3) is 10.1 Å². The first-order valence-electron chi connectivity index (χ1n) is 6.29. The molecule has 0 aliphatic carbocycles. The Morgan fingerprint density at radius 3 is 2.52 bits per heavy atom. The van der Waals surface area contributed by atoms with E-state index in [1.807, 2.05) is 0 Å². The van der Waals surface area contributed by atoms with E-state index in [0.29, 0.717) is 10.3 Å². The highest BCUT2D eigenvalue weighted by Crippen LogP contribution is 2.35. The van der Waals surface area contributed by atoms with E-state index in [-0.39, 0.29) is 16.9 Å². The number of hydrogen-bond acceptors (Lipinski definition) is 2. The Labute approximate surface area is 123 Å². The molecule has 0 fully saturated rings. The quantitative estimate of drug-likeness (QED) is 0.727. The van der Waals surface area contributed by atoms with Gasteiger partial charge in [-0.1, -0.05) is 12.1 Å². The molecule has 21 heavy (non-hydrogen) atoms. The third-order valence-corrected chi connectivity index (χ3v) is 4.54. The molecule has 3 rings (SSSR count). The standard InChI is InChI=1S/C16H11F3OS/c1-8-2-4-11(15(19)14(8)18)16(20)13-7-9-6-10(17)3-5-12(9)21-13/h2-7,16,20H,1H3. The maximum atomic E-state index is 13.9. The molecular weight excluding hydrogens is 297 g/mol. The molecule has 1 aromatic heterocycles. The monoisotopic (exact) mass is 308 g/mol. The molecule has 0 aliphatic rings. The van der Waals surface area contributed by atoms with E-state index in [9.17, 15) is 18.3 Å². The largest absolute Gasteiger partial charge is 0.383 e. The maximum Gasteiger partial charge on any atom is 0.165 e. The molecule has 1 nitrogen and oxygen atoms in total. The predicted octanol–water partition coefficient (Wildman–Crippen LogP) is 4.71. The number of rotatable bonds is 2. The summed E-state index contributed by atoms with van der Waals surface area (Å²) in [6.07, 6.45) is -1.28. The van der Waals surface area contributed by atoms with Crippen LogP contribution in [0.2, 0.25) is 0 Å². The van der Waals surface area contributed by atoms with E-state index in [0.717, 1.165) is 4.70 Å². The topological polar surface area (TPSA) is 20.2 Å². The summed E-state index contributed by atoms with van der Waals surface area (Å²) in [6.45, 7) is 1.46. The SMILES string of the molecule is Cc1ccc(C(O)c2cc3cc(F)ccc3s2)c(F)c1F. The Balaban J connectivity index is 2.08. The first-order valence-corrected chi connectivity index (χ1v) is 7.10. The summed E-state index contributed by atoms with van der Waals surface area (Å²) in [7, 11) is 0. The van der Waals surface area contributed by atoms with Gasteiger partial charge in [0.15, 0.2) is 11.6 Å². The Kier molecular flexibility index (Phi) is 3.47. The fourth-order valence-electron chi connectivity index (χ4n) is 2.19. The van der Waals surface area contributed by atoms with Gasteiger partial charge in [0.25, 0.3) is 0 Å². The molecular formula is C16H11F3OS. The molecule has 0 amide bonds. The number of benzene rings is 2. The molecule has 0 radical (unpaired) electrons. The van der Waals surface area contributed by atoms with Gasteiger partial charge in [-0.15, -0.1) is 11.3 Å². The van der Waals surface area contributed by atoms with Crippen molar-refractivity contribution in [2.75, 3.05) is 0 Å². The number of hydrogen-bond donors (Lipinski definition) is 1. The Morgan fingerprint density at radius 1 is 1.00 bits per heavy atom. The first-order chi connectivity index (χ1) is 9.97. The normalized spacial score (nSPS) is 12.8. The van der Waals surface area contributed by atoms with Crippen molar-refractivity contribution >= 4 is 21.4 Å². The minimum Gasteiger partial charge on any atom is -0.383 e. The van der Waals surface area contributed by atoms with Gasteiger partial charge in [0.2, 0.25) is 0 Å². The van der Waals surface area contributed by atoms with E-state index < -0.39 is 17.7 Å². The molecule has 1 unspecified atom stereocenters. The lowest BCUT2D eigenvalue weighted by Crippen LogP contribution is -2.03. The summed E-state index contributed by atoms with van der Waals surface area (Å²) in [6, 6.07) is 8.63. The summed E-state index contributed by atoms with van der Waals surface area (Å²) in [5.74, 6) is -2.39. The van der Waals surface area contributed by atoms with Gasteiger partial charge in [-0.2, -0.15) is 0 Å². The average Bonchev–Trinajstić information content (AvgIpc) is 2.87. The van der Waals surface area contributed by atoms with Gasteiger partial charge in [-0.3, -0.25) is 0 Å². The number of halogens is 3. The first kappa shape index (κ1) is 14.1. The lowest BCUT2D eigenvalue weighted by molar-refractivity contribution is 0.217. The molecule has 0 saturated heterocycles. The van der Waals surface area contributed by atoms with Crippen molar-refractivity contribution in [3.05, 3.63) is 69.9 Å². The van der Waals surface area contributed by atoms with E-state index in [4.69, 9.17) is 0 Å². The molecule has 0 saturated carbocycles. The lowest BCUT2D eigenvalue weighted by Gasteiger charge is -2.11. The molecule has 5 heteroatoms. The van der Waals surface area contributed by atoms with Crippen molar-refractivity contribution in [3.63, 3.8) is 0 Å². The average molecular weight is 308 g/mol. The summed E-state index contributed by atoms with van der Waals surface area (Å²) >= 11 is 1.22. The van der Waals surface area contributed by atoms with Crippen molar-refractivity contribution in [2.24, 2.45) is 0 Å². The minimum absolute atomic E-state index is 0.120. The lowest BCUT2D eigenvalue weighted by atomic mass is 10.0. The van der Waals surface area contributed by atoms with Crippen LogP contribution >= 0.6 is 11.3 Å². The van der Waals surface area contributed by atoms with Crippen LogP contribution < -0.4 is 0 Å².